The fourth-order valence-corrected chi connectivity index (χ4v) is 4.26. The van der Waals surface area contributed by atoms with Crippen LogP contribution >= 0.6 is 0 Å². The molecule has 4 aromatic rings. The van der Waals surface area contributed by atoms with Gasteiger partial charge in [-0.25, -0.2) is 9.78 Å². The first kappa shape index (κ1) is 24.8. The minimum atomic E-state index is -0.955. The Morgan fingerprint density at radius 2 is 1.68 bits per heavy atom. The van der Waals surface area contributed by atoms with Crippen molar-refractivity contribution in [2.24, 2.45) is 5.92 Å². The predicted octanol–water partition coefficient (Wildman–Crippen LogP) is 5.73. The maximum absolute atomic E-state index is 12.8. The second-order valence-corrected chi connectivity index (χ2v) is 9.04. The third-order valence-corrected chi connectivity index (χ3v) is 6.28. The first-order chi connectivity index (χ1) is 18.5. The van der Waals surface area contributed by atoms with E-state index in [4.69, 9.17) is 14.6 Å². The van der Waals surface area contributed by atoms with E-state index in [1.807, 2.05) is 48.5 Å². The average molecular weight is 510 g/mol. The zero-order valence-corrected chi connectivity index (χ0v) is 20.6. The van der Waals surface area contributed by atoms with Crippen LogP contribution in [0.25, 0.3) is 0 Å². The number of amides is 1. The Bertz CT molecular complexity index is 1390. The molecular weight excluding hydrogens is 482 g/mol. The quantitative estimate of drug-likeness (QED) is 0.297. The number of para-hydroxylation sites is 1. The van der Waals surface area contributed by atoms with Gasteiger partial charge in [-0.2, -0.15) is 0 Å². The average Bonchev–Trinajstić information content (AvgIpc) is 3.42. The van der Waals surface area contributed by atoms with Crippen LogP contribution in [0.15, 0.2) is 97.2 Å². The number of carboxylic acid groups (broad SMARTS) is 1. The number of rotatable bonds is 9. The molecule has 0 radical (unpaired) electrons. The van der Waals surface area contributed by atoms with E-state index in [1.165, 1.54) is 12.1 Å². The summed E-state index contributed by atoms with van der Waals surface area (Å²) in [6, 6.07) is 26.6. The molecule has 5 rings (SSSR count). The van der Waals surface area contributed by atoms with Crippen LogP contribution in [0.1, 0.15) is 27.1 Å². The molecule has 2 heterocycles. The first-order valence-corrected chi connectivity index (χ1v) is 12.3. The van der Waals surface area contributed by atoms with Crippen LogP contribution in [0.4, 0.5) is 11.5 Å². The number of nitrogens with one attached hydrogen (secondary N) is 1. The summed E-state index contributed by atoms with van der Waals surface area (Å²) in [5, 5.41) is 11.9. The molecule has 192 valence electrons. The topological polar surface area (TPSA) is 101 Å². The third kappa shape index (κ3) is 6.28. The van der Waals surface area contributed by atoms with Gasteiger partial charge in [0.25, 0.3) is 5.91 Å². The van der Waals surface area contributed by atoms with E-state index in [0.717, 1.165) is 25.3 Å². The molecule has 2 N–H and O–H groups in total. The monoisotopic (exact) mass is 509 g/mol. The Balaban J connectivity index is 1.12. The number of hydrogen-bond acceptors (Lipinski definition) is 6. The van der Waals surface area contributed by atoms with Crippen molar-refractivity contribution >= 4 is 23.4 Å². The smallest absolute Gasteiger partial charge is 0.335 e. The van der Waals surface area contributed by atoms with E-state index in [1.54, 1.807) is 36.5 Å². The molecule has 0 aliphatic carbocycles. The summed E-state index contributed by atoms with van der Waals surface area (Å²) in [4.78, 5) is 30.5. The van der Waals surface area contributed by atoms with Crippen molar-refractivity contribution in [3.63, 3.8) is 0 Å². The van der Waals surface area contributed by atoms with E-state index in [9.17, 15) is 9.59 Å². The van der Waals surface area contributed by atoms with Crippen LogP contribution in [0.3, 0.4) is 0 Å². The molecule has 0 saturated carbocycles. The Kier molecular flexibility index (Phi) is 7.49. The number of anilines is 2. The predicted molar refractivity (Wildman–Crippen MR) is 144 cm³/mol. The lowest BCUT2D eigenvalue weighted by Gasteiger charge is -2.18. The SMILES string of the molecule is O=C(O)c1ccc(OC[C@H]2CCN(c3ccc(NC(=O)c4cccc(Oc5ccccc5)c4)cn3)C2)cc1. The number of pyridine rings is 1. The highest BCUT2D eigenvalue weighted by Gasteiger charge is 2.24. The van der Waals surface area contributed by atoms with Gasteiger partial charge in [-0.1, -0.05) is 24.3 Å². The van der Waals surface area contributed by atoms with E-state index in [-0.39, 0.29) is 11.5 Å². The van der Waals surface area contributed by atoms with Crippen LogP contribution in [0.2, 0.25) is 0 Å². The summed E-state index contributed by atoms with van der Waals surface area (Å²) in [7, 11) is 0. The van der Waals surface area contributed by atoms with Crippen molar-refractivity contribution in [3.8, 4) is 17.2 Å². The van der Waals surface area contributed by atoms with Crippen LogP contribution in [0, 0.1) is 5.92 Å². The van der Waals surface area contributed by atoms with Gasteiger partial charge in [0.1, 0.15) is 23.1 Å². The molecule has 1 saturated heterocycles. The van der Waals surface area contributed by atoms with Gasteiger partial charge in [-0.05, 0) is 73.2 Å². The number of nitrogens with zero attached hydrogens (tertiary/aromatic N) is 2. The van der Waals surface area contributed by atoms with Gasteiger partial charge in [0.2, 0.25) is 0 Å². The van der Waals surface area contributed by atoms with Crippen LogP contribution in [-0.2, 0) is 0 Å². The Morgan fingerprint density at radius 1 is 0.895 bits per heavy atom. The zero-order chi connectivity index (χ0) is 26.3. The number of carbonyl (C=O) groups excluding carboxylic acids is 1. The molecule has 1 aliphatic rings. The molecule has 1 aliphatic heterocycles. The lowest BCUT2D eigenvalue weighted by Crippen LogP contribution is -2.22. The van der Waals surface area contributed by atoms with Crippen LogP contribution < -0.4 is 19.7 Å². The molecule has 0 bridgehead atoms. The summed E-state index contributed by atoms with van der Waals surface area (Å²) in [5.41, 5.74) is 1.33. The standard InChI is InChI=1S/C30H27N3O5/c34-29(23-5-4-8-27(17-23)38-26-6-2-1-3-7-26)32-24-11-14-28(31-18-24)33-16-15-21(19-33)20-37-25-12-9-22(10-13-25)30(35)36/h1-14,17-18,21H,15-16,19-20H2,(H,32,34)(H,35,36)/t21-/m0/s1. The maximum atomic E-state index is 12.8. The molecule has 1 aromatic heterocycles. The largest absolute Gasteiger partial charge is 0.493 e. The molecule has 38 heavy (non-hydrogen) atoms. The van der Waals surface area contributed by atoms with E-state index in [2.05, 4.69) is 15.2 Å². The number of hydrogen-bond donors (Lipinski definition) is 2. The highest BCUT2D eigenvalue weighted by Crippen LogP contribution is 2.25. The number of aromatic carboxylic acids is 1. The summed E-state index contributed by atoms with van der Waals surface area (Å²) in [6.07, 6.45) is 2.63. The van der Waals surface area contributed by atoms with Gasteiger partial charge in [0.15, 0.2) is 0 Å². The Hall–Kier alpha value is -4.85. The Labute approximate surface area is 220 Å². The summed E-state index contributed by atoms with van der Waals surface area (Å²) in [6.45, 7) is 2.21. The normalized spacial score (nSPS) is 14.6. The zero-order valence-electron chi connectivity index (χ0n) is 20.6. The number of aromatic nitrogens is 1. The molecule has 0 spiro atoms. The molecule has 1 atom stereocenters. The van der Waals surface area contributed by atoms with Crippen molar-refractivity contribution in [3.05, 3.63) is 108 Å². The number of carbonyl (C=O) groups is 2. The molecule has 8 heteroatoms. The van der Waals surface area contributed by atoms with E-state index >= 15 is 0 Å². The third-order valence-electron chi connectivity index (χ3n) is 6.28. The molecule has 1 amide bonds. The second-order valence-electron chi connectivity index (χ2n) is 9.04. The summed E-state index contributed by atoms with van der Waals surface area (Å²) in [5.74, 6) is 1.92. The van der Waals surface area contributed by atoms with Crippen molar-refractivity contribution < 1.29 is 24.2 Å². The van der Waals surface area contributed by atoms with Gasteiger partial charge < -0.3 is 24.8 Å². The molecule has 8 nitrogen and oxygen atoms in total. The van der Waals surface area contributed by atoms with Gasteiger partial charge in [-0.3, -0.25) is 4.79 Å². The fraction of sp³-hybridized carbons (Fsp3) is 0.167. The van der Waals surface area contributed by atoms with Crippen molar-refractivity contribution in [1.29, 1.82) is 0 Å². The molecular formula is C30H27N3O5. The minimum absolute atomic E-state index is 0.237. The second kappa shape index (κ2) is 11.5. The number of ether oxygens (including phenoxy) is 2. The van der Waals surface area contributed by atoms with Crippen molar-refractivity contribution in [1.82, 2.24) is 4.98 Å². The number of carboxylic acids is 1. The van der Waals surface area contributed by atoms with Crippen LogP contribution in [0.5, 0.6) is 17.2 Å². The number of benzene rings is 3. The molecule has 1 fully saturated rings. The lowest BCUT2D eigenvalue weighted by atomic mass is 10.1. The van der Waals surface area contributed by atoms with E-state index < -0.39 is 5.97 Å². The summed E-state index contributed by atoms with van der Waals surface area (Å²) >= 11 is 0. The highest BCUT2D eigenvalue weighted by atomic mass is 16.5. The summed E-state index contributed by atoms with van der Waals surface area (Å²) < 4.78 is 11.7. The van der Waals surface area contributed by atoms with Crippen molar-refractivity contribution in [2.75, 3.05) is 29.9 Å². The van der Waals surface area contributed by atoms with Crippen molar-refractivity contribution in [2.45, 2.75) is 6.42 Å². The minimum Gasteiger partial charge on any atom is -0.493 e. The Morgan fingerprint density at radius 3 is 2.42 bits per heavy atom. The van der Waals surface area contributed by atoms with Gasteiger partial charge in [0.05, 0.1) is 24.1 Å². The fourth-order valence-electron chi connectivity index (χ4n) is 4.26. The first-order valence-electron chi connectivity index (χ1n) is 12.3. The lowest BCUT2D eigenvalue weighted by molar-refractivity contribution is 0.0696. The highest BCUT2D eigenvalue weighted by molar-refractivity contribution is 6.04. The van der Waals surface area contributed by atoms with Gasteiger partial charge in [-0.15, -0.1) is 0 Å². The van der Waals surface area contributed by atoms with Gasteiger partial charge in [0, 0.05) is 24.6 Å². The van der Waals surface area contributed by atoms with Gasteiger partial charge >= 0.3 is 5.97 Å². The van der Waals surface area contributed by atoms with E-state index in [0.29, 0.717) is 41.0 Å². The molecule has 0 unspecified atom stereocenters. The van der Waals surface area contributed by atoms with Crippen LogP contribution in [-0.4, -0.2) is 41.7 Å². The molecule has 3 aromatic carbocycles. The maximum Gasteiger partial charge on any atom is 0.335 e.